The lowest BCUT2D eigenvalue weighted by molar-refractivity contribution is 0.174. The van der Waals surface area contributed by atoms with E-state index in [2.05, 4.69) is 23.5 Å². The second kappa shape index (κ2) is 6.79. The average molecular weight is 350 g/mol. The summed E-state index contributed by atoms with van der Waals surface area (Å²) in [6, 6.07) is 10.3. The molecule has 0 saturated heterocycles. The number of hydrogen-bond donors (Lipinski definition) is 1. The Labute approximate surface area is 147 Å². The fourth-order valence-electron chi connectivity index (χ4n) is 3.27. The maximum Gasteiger partial charge on any atom is 0.231 e. The molecule has 4 rings (SSSR count). The standard InChI is InChI=1S/C18H19NO4.ClH/c1-20-15-7-11-5-6-19-18(13(11)9-16(15)21-2)12-3-4-14-17(8-12)23-10-22-14;/h3-4,7-9,18-19H,5-6,10H2,1-2H3;1H. The third-order valence-electron chi connectivity index (χ3n) is 4.43. The molecule has 0 aliphatic carbocycles. The summed E-state index contributed by atoms with van der Waals surface area (Å²) in [5.74, 6) is 3.13. The van der Waals surface area contributed by atoms with Gasteiger partial charge < -0.3 is 24.3 Å². The molecule has 1 atom stereocenters. The highest BCUT2D eigenvalue weighted by molar-refractivity contribution is 5.85. The summed E-state index contributed by atoms with van der Waals surface area (Å²) in [4.78, 5) is 0. The van der Waals surface area contributed by atoms with E-state index in [4.69, 9.17) is 18.9 Å². The predicted molar refractivity (Wildman–Crippen MR) is 92.9 cm³/mol. The molecule has 0 saturated carbocycles. The zero-order valence-electron chi connectivity index (χ0n) is 13.6. The Morgan fingerprint density at radius 1 is 1.00 bits per heavy atom. The highest BCUT2D eigenvalue weighted by Crippen LogP contribution is 2.40. The first-order chi connectivity index (χ1) is 11.3. The number of nitrogens with one attached hydrogen (secondary N) is 1. The Morgan fingerprint density at radius 2 is 1.75 bits per heavy atom. The van der Waals surface area contributed by atoms with E-state index in [1.54, 1.807) is 14.2 Å². The third kappa shape index (κ3) is 2.74. The van der Waals surface area contributed by atoms with Gasteiger partial charge in [0.2, 0.25) is 6.79 Å². The van der Waals surface area contributed by atoms with Crippen LogP contribution in [0.1, 0.15) is 22.7 Å². The molecule has 2 heterocycles. The number of methoxy groups -OCH3 is 2. The molecular weight excluding hydrogens is 330 g/mol. The number of hydrogen-bond acceptors (Lipinski definition) is 5. The smallest absolute Gasteiger partial charge is 0.231 e. The summed E-state index contributed by atoms with van der Waals surface area (Å²) in [6.07, 6.45) is 0.969. The number of halogens is 1. The molecule has 1 unspecified atom stereocenters. The second-order valence-corrected chi connectivity index (χ2v) is 5.66. The minimum Gasteiger partial charge on any atom is -0.493 e. The third-order valence-corrected chi connectivity index (χ3v) is 4.43. The molecule has 2 aliphatic rings. The van der Waals surface area contributed by atoms with E-state index >= 15 is 0 Å². The van der Waals surface area contributed by atoms with E-state index in [1.807, 2.05) is 12.1 Å². The highest BCUT2D eigenvalue weighted by atomic mass is 35.5. The Kier molecular flexibility index (Phi) is 4.73. The van der Waals surface area contributed by atoms with Gasteiger partial charge in [0.15, 0.2) is 23.0 Å². The molecule has 5 nitrogen and oxygen atoms in total. The summed E-state index contributed by atoms with van der Waals surface area (Å²) in [7, 11) is 3.33. The van der Waals surface area contributed by atoms with Crippen LogP contribution in [0.5, 0.6) is 23.0 Å². The number of fused-ring (bicyclic) bond motifs is 2. The molecule has 0 fully saturated rings. The summed E-state index contributed by atoms with van der Waals surface area (Å²) < 4.78 is 21.8. The molecule has 6 heteroatoms. The lowest BCUT2D eigenvalue weighted by Gasteiger charge is -2.28. The van der Waals surface area contributed by atoms with Gasteiger partial charge in [-0.25, -0.2) is 0 Å². The molecule has 128 valence electrons. The van der Waals surface area contributed by atoms with Crippen LogP contribution < -0.4 is 24.3 Å². The van der Waals surface area contributed by atoms with Crippen LogP contribution in [0, 0.1) is 0 Å². The average Bonchev–Trinajstić information content (AvgIpc) is 3.07. The van der Waals surface area contributed by atoms with Gasteiger partial charge in [-0.15, -0.1) is 12.4 Å². The van der Waals surface area contributed by atoms with Crippen molar-refractivity contribution in [1.29, 1.82) is 0 Å². The van der Waals surface area contributed by atoms with E-state index in [9.17, 15) is 0 Å². The van der Waals surface area contributed by atoms with E-state index in [0.717, 1.165) is 41.5 Å². The van der Waals surface area contributed by atoms with Crippen molar-refractivity contribution in [3.63, 3.8) is 0 Å². The number of ether oxygens (including phenoxy) is 4. The van der Waals surface area contributed by atoms with Crippen molar-refractivity contribution in [3.05, 3.63) is 47.0 Å². The normalized spacial score (nSPS) is 17.7. The van der Waals surface area contributed by atoms with Gasteiger partial charge >= 0.3 is 0 Å². The maximum atomic E-state index is 5.50. The molecule has 24 heavy (non-hydrogen) atoms. The zero-order chi connectivity index (χ0) is 15.8. The SMILES string of the molecule is COc1cc2c(cc1OC)C(c1ccc3c(c1)OCO3)NCC2.Cl. The summed E-state index contributed by atoms with van der Waals surface area (Å²) in [6.45, 7) is 1.21. The van der Waals surface area contributed by atoms with Crippen LogP contribution in [0.2, 0.25) is 0 Å². The number of rotatable bonds is 3. The quantitative estimate of drug-likeness (QED) is 0.922. The van der Waals surface area contributed by atoms with Crippen molar-refractivity contribution in [2.45, 2.75) is 12.5 Å². The molecule has 0 bridgehead atoms. The Hall–Kier alpha value is -2.11. The van der Waals surface area contributed by atoms with Crippen molar-refractivity contribution in [2.24, 2.45) is 0 Å². The van der Waals surface area contributed by atoms with Crippen LogP contribution in [0.4, 0.5) is 0 Å². The monoisotopic (exact) mass is 349 g/mol. The Balaban J connectivity index is 0.00000169. The van der Waals surface area contributed by atoms with Crippen molar-refractivity contribution in [3.8, 4) is 23.0 Å². The lowest BCUT2D eigenvalue weighted by atomic mass is 9.89. The summed E-state index contributed by atoms with van der Waals surface area (Å²) in [5, 5.41) is 3.58. The molecule has 0 aromatic heterocycles. The van der Waals surface area contributed by atoms with E-state index < -0.39 is 0 Å². The fourth-order valence-corrected chi connectivity index (χ4v) is 3.27. The largest absolute Gasteiger partial charge is 0.493 e. The van der Waals surface area contributed by atoms with Gasteiger partial charge in [0.05, 0.1) is 20.3 Å². The fraction of sp³-hybridized carbons (Fsp3) is 0.333. The van der Waals surface area contributed by atoms with Crippen LogP contribution in [0.3, 0.4) is 0 Å². The van der Waals surface area contributed by atoms with Gasteiger partial charge in [-0.3, -0.25) is 0 Å². The van der Waals surface area contributed by atoms with Gasteiger partial charge in [0, 0.05) is 6.54 Å². The second-order valence-electron chi connectivity index (χ2n) is 5.66. The first kappa shape index (κ1) is 16.7. The lowest BCUT2D eigenvalue weighted by Crippen LogP contribution is -2.30. The predicted octanol–water partition coefficient (Wildman–Crippen LogP) is 3.09. The molecule has 1 N–H and O–H groups in total. The van der Waals surface area contributed by atoms with Crippen molar-refractivity contribution in [1.82, 2.24) is 5.32 Å². The van der Waals surface area contributed by atoms with Gasteiger partial charge in [-0.05, 0) is 47.4 Å². The van der Waals surface area contributed by atoms with Gasteiger partial charge in [-0.1, -0.05) is 6.07 Å². The zero-order valence-corrected chi connectivity index (χ0v) is 14.4. The first-order valence-electron chi connectivity index (χ1n) is 7.68. The van der Waals surface area contributed by atoms with Crippen molar-refractivity contribution >= 4 is 12.4 Å². The van der Waals surface area contributed by atoms with Gasteiger partial charge in [0.25, 0.3) is 0 Å². The van der Waals surface area contributed by atoms with Gasteiger partial charge in [0.1, 0.15) is 0 Å². The molecule has 0 radical (unpaired) electrons. The molecule has 2 aliphatic heterocycles. The summed E-state index contributed by atoms with van der Waals surface area (Å²) in [5.41, 5.74) is 3.65. The molecular formula is C18H20ClNO4. The minimum atomic E-state index is 0. The number of benzene rings is 2. The molecule has 0 spiro atoms. The van der Waals surface area contributed by atoms with Crippen molar-refractivity contribution < 1.29 is 18.9 Å². The van der Waals surface area contributed by atoms with E-state index in [-0.39, 0.29) is 18.4 Å². The first-order valence-corrected chi connectivity index (χ1v) is 7.68. The molecule has 2 aromatic carbocycles. The van der Waals surface area contributed by atoms with E-state index in [1.165, 1.54) is 11.1 Å². The van der Waals surface area contributed by atoms with E-state index in [0.29, 0.717) is 6.79 Å². The van der Waals surface area contributed by atoms with Crippen molar-refractivity contribution in [2.75, 3.05) is 27.6 Å². The summed E-state index contributed by atoms with van der Waals surface area (Å²) >= 11 is 0. The van der Waals surface area contributed by atoms with Crippen LogP contribution in [0.25, 0.3) is 0 Å². The molecule has 0 amide bonds. The van der Waals surface area contributed by atoms with Crippen LogP contribution >= 0.6 is 12.4 Å². The van der Waals surface area contributed by atoms with Crippen LogP contribution in [-0.2, 0) is 6.42 Å². The topological polar surface area (TPSA) is 49.0 Å². The Bertz CT molecular complexity index is 750. The molecule has 2 aromatic rings. The minimum absolute atomic E-state index is 0. The maximum absolute atomic E-state index is 5.50. The van der Waals surface area contributed by atoms with Crippen LogP contribution in [0.15, 0.2) is 30.3 Å². The van der Waals surface area contributed by atoms with Gasteiger partial charge in [-0.2, -0.15) is 0 Å². The Morgan fingerprint density at radius 3 is 2.54 bits per heavy atom. The van der Waals surface area contributed by atoms with Crippen LogP contribution in [-0.4, -0.2) is 27.6 Å². The highest BCUT2D eigenvalue weighted by Gasteiger charge is 2.25.